The Labute approximate surface area is 308 Å². The number of aromatic amines is 2. The molecule has 264 valence electrons. The quantitative estimate of drug-likeness (QED) is 0.150. The van der Waals surface area contributed by atoms with Gasteiger partial charge in [-0.25, -0.2) is 9.97 Å². The standard InChI is InChI=1S/C42H43N7O2S/c1-47(2)39(32-9-4-3-5-10-32)42(51)49-23-7-13-37(49)41-44-27-35(46-41)31-20-16-29(17-21-31)28-14-18-30(19-15-28)34-26-43-40(45-34)36-12-6-22-48(36)38(50)25-33-11-8-24-52-33/h3-5,8-11,14-21,24,26-27,36-37,39H,6-7,12-13,22-23,25H2,1-2H3,(H,43,45)(H,44,46)/t36-,37-,39?/m0/s1. The predicted molar refractivity (Wildman–Crippen MR) is 205 cm³/mol. The summed E-state index contributed by atoms with van der Waals surface area (Å²) < 4.78 is 0. The number of aromatic nitrogens is 4. The lowest BCUT2D eigenvalue weighted by Crippen LogP contribution is -2.40. The van der Waals surface area contributed by atoms with Gasteiger partial charge in [-0.3, -0.25) is 14.5 Å². The van der Waals surface area contributed by atoms with Gasteiger partial charge in [0, 0.05) is 18.0 Å². The van der Waals surface area contributed by atoms with E-state index in [9.17, 15) is 9.59 Å². The number of thiophene rings is 1. The molecule has 1 unspecified atom stereocenters. The Morgan fingerprint density at radius 2 is 1.27 bits per heavy atom. The zero-order valence-electron chi connectivity index (χ0n) is 29.5. The van der Waals surface area contributed by atoms with Gasteiger partial charge in [-0.2, -0.15) is 0 Å². The van der Waals surface area contributed by atoms with Crippen molar-refractivity contribution in [3.63, 3.8) is 0 Å². The first kappa shape index (κ1) is 33.8. The van der Waals surface area contributed by atoms with Crippen LogP contribution in [0.5, 0.6) is 0 Å². The number of nitrogens with one attached hydrogen (secondary N) is 2. The summed E-state index contributed by atoms with van der Waals surface area (Å²) in [4.78, 5) is 50.6. The zero-order chi connectivity index (χ0) is 35.6. The van der Waals surface area contributed by atoms with Gasteiger partial charge in [0.25, 0.3) is 0 Å². The molecule has 52 heavy (non-hydrogen) atoms. The summed E-state index contributed by atoms with van der Waals surface area (Å²) in [6, 6.07) is 30.6. The van der Waals surface area contributed by atoms with Crippen molar-refractivity contribution in [3.05, 3.63) is 131 Å². The largest absolute Gasteiger partial charge is 0.340 e. The molecule has 2 N–H and O–H groups in total. The molecule has 0 bridgehead atoms. The first-order chi connectivity index (χ1) is 25.4. The Hall–Kier alpha value is -5.32. The highest BCUT2D eigenvalue weighted by molar-refractivity contribution is 7.10. The minimum absolute atomic E-state index is 0.0142. The minimum atomic E-state index is -0.337. The summed E-state index contributed by atoms with van der Waals surface area (Å²) >= 11 is 1.63. The number of likely N-dealkylation sites (tertiary alicyclic amines) is 2. The van der Waals surface area contributed by atoms with E-state index in [-0.39, 0.29) is 29.9 Å². The molecule has 0 saturated carbocycles. The number of hydrogen-bond acceptors (Lipinski definition) is 6. The molecule has 2 fully saturated rings. The fourth-order valence-corrected chi connectivity index (χ4v) is 8.47. The van der Waals surface area contributed by atoms with Crippen LogP contribution in [-0.2, 0) is 16.0 Å². The van der Waals surface area contributed by atoms with Crippen LogP contribution in [0.15, 0.2) is 109 Å². The number of H-pyrrole nitrogens is 2. The number of amides is 2. The van der Waals surface area contributed by atoms with Crippen LogP contribution in [0.1, 0.15) is 65.9 Å². The van der Waals surface area contributed by atoms with Gasteiger partial charge in [-0.1, -0.05) is 84.9 Å². The Balaban J connectivity index is 0.925. The van der Waals surface area contributed by atoms with Crippen LogP contribution in [0.2, 0.25) is 0 Å². The summed E-state index contributed by atoms with van der Waals surface area (Å²) in [5.74, 6) is 1.96. The van der Waals surface area contributed by atoms with Crippen LogP contribution in [0.3, 0.4) is 0 Å². The SMILES string of the molecule is CN(C)C(C(=O)N1CCC[C@H]1c1ncc(-c2ccc(-c3ccc(-c4cnc([C@@H]5CCCN5C(=O)Cc5cccs5)[nH]4)cc3)cc2)[nH]1)c1ccccc1. The third-order valence-electron chi connectivity index (χ3n) is 10.4. The molecule has 2 aliphatic heterocycles. The number of likely N-dealkylation sites (N-methyl/N-ethyl adjacent to an activating group) is 1. The second kappa shape index (κ2) is 14.7. The summed E-state index contributed by atoms with van der Waals surface area (Å²) in [7, 11) is 3.92. The highest BCUT2D eigenvalue weighted by atomic mass is 32.1. The Morgan fingerprint density at radius 1 is 0.731 bits per heavy atom. The van der Waals surface area contributed by atoms with Crippen molar-refractivity contribution < 1.29 is 9.59 Å². The van der Waals surface area contributed by atoms with Crippen LogP contribution in [0, 0.1) is 0 Å². The third kappa shape index (κ3) is 6.83. The normalized spacial score (nSPS) is 18.0. The molecule has 9 nitrogen and oxygen atoms in total. The maximum Gasteiger partial charge on any atom is 0.245 e. The highest BCUT2D eigenvalue weighted by Gasteiger charge is 2.37. The average molecular weight is 710 g/mol. The van der Waals surface area contributed by atoms with Crippen molar-refractivity contribution in [2.75, 3.05) is 27.2 Å². The molecule has 2 saturated heterocycles. The lowest BCUT2D eigenvalue weighted by molar-refractivity contribution is -0.137. The van der Waals surface area contributed by atoms with Gasteiger partial charge in [0.05, 0.1) is 42.3 Å². The average Bonchev–Trinajstić information content (AvgIpc) is 4.02. The Morgan fingerprint density at radius 3 is 1.81 bits per heavy atom. The molecule has 3 aromatic carbocycles. The molecule has 10 heteroatoms. The molecule has 2 amide bonds. The maximum absolute atomic E-state index is 13.9. The second-order valence-corrected chi connectivity index (χ2v) is 15.0. The van der Waals surface area contributed by atoms with E-state index in [1.54, 1.807) is 11.3 Å². The fourth-order valence-electron chi connectivity index (χ4n) is 7.77. The second-order valence-electron chi connectivity index (χ2n) is 14.0. The van der Waals surface area contributed by atoms with Crippen molar-refractivity contribution in [1.82, 2.24) is 34.6 Å². The molecule has 2 aliphatic rings. The fraction of sp³-hybridized carbons (Fsp3) is 0.286. The monoisotopic (exact) mass is 709 g/mol. The van der Waals surface area contributed by atoms with Gasteiger partial charge in [0.1, 0.15) is 17.7 Å². The number of hydrogen-bond donors (Lipinski definition) is 2. The molecule has 0 spiro atoms. The van der Waals surface area contributed by atoms with Crippen molar-refractivity contribution in [2.24, 2.45) is 0 Å². The summed E-state index contributed by atoms with van der Waals surface area (Å²) in [6.07, 6.45) is 7.94. The summed E-state index contributed by atoms with van der Waals surface area (Å²) in [5.41, 5.74) is 7.23. The van der Waals surface area contributed by atoms with Gasteiger partial charge >= 0.3 is 0 Å². The number of imidazole rings is 2. The first-order valence-electron chi connectivity index (χ1n) is 18.1. The molecule has 5 heterocycles. The molecule has 0 aliphatic carbocycles. The number of benzene rings is 3. The highest BCUT2D eigenvalue weighted by Crippen LogP contribution is 2.36. The smallest absolute Gasteiger partial charge is 0.245 e. The predicted octanol–water partition coefficient (Wildman–Crippen LogP) is 8.07. The number of rotatable bonds is 10. The van der Waals surface area contributed by atoms with Crippen molar-refractivity contribution >= 4 is 23.2 Å². The van der Waals surface area contributed by atoms with Gasteiger partial charge in [0.2, 0.25) is 11.8 Å². The summed E-state index contributed by atoms with van der Waals surface area (Å²) in [5, 5.41) is 2.02. The number of carbonyl (C=O) groups is 2. The van der Waals surface area contributed by atoms with E-state index in [1.165, 1.54) is 0 Å². The van der Waals surface area contributed by atoms with E-state index >= 15 is 0 Å². The topological polar surface area (TPSA) is 101 Å². The lowest BCUT2D eigenvalue weighted by Gasteiger charge is -2.31. The third-order valence-corrected chi connectivity index (χ3v) is 11.3. The van der Waals surface area contributed by atoms with E-state index in [0.29, 0.717) is 6.42 Å². The lowest BCUT2D eigenvalue weighted by atomic mass is 10.0. The zero-order valence-corrected chi connectivity index (χ0v) is 30.4. The van der Waals surface area contributed by atoms with Crippen LogP contribution in [-0.4, -0.2) is 73.6 Å². The Bertz CT molecular complexity index is 2120. The maximum atomic E-state index is 13.9. The molecule has 3 atom stereocenters. The van der Waals surface area contributed by atoms with Crippen LogP contribution in [0.25, 0.3) is 33.6 Å². The van der Waals surface area contributed by atoms with Crippen LogP contribution in [0.4, 0.5) is 0 Å². The minimum Gasteiger partial charge on any atom is -0.340 e. The first-order valence-corrected chi connectivity index (χ1v) is 19.0. The molecule has 3 aromatic heterocycles. The van der Waals surface area contributed by atoms with Gasteiger partial charge in [-0.05, 0) is 79.0 Å². The van der Waals surface area contributed by atoms with E-state index < -0.39 is 0 Å². The molecular weight excluding hydrogens is 667 g/mol. The Kier molecular flexibility index (Phi) is 9.58. The van der Waals surface area contributed by atoms with Gasteiger partial charge in [0.15, 0.2) is 0 Å². The molecule has 6 aromatic rings. The van der Waals surface area contributed by atoms with E-state index in [2.05, 4.69) is 58.5 Å². The van der Waals surface area contributed by atoms with Crippen molar-refractivity contribution in [3.8, 4) is 33.6 Å². The van der Waals surface area contributed by atoms with Crippen LogP contribution >= 0.6 is 11.3 Å². The van der Waals surface area contributed by atoms with Crippen molar-refractivity contribution in [1.29, 1.82) is 0 Å². The van der Waals surface area contributed by atoms with E-state index in [0.717, 1.165) is 94.5 Å². The van der Waals surface area contributed by atoms with Gasteiger partial charge in [-0.15, -0.1) is 11.3 Å². The van der Waals surface area contributed by atoms with E-state index in [4.69, 9.17) is 9.97 Å². The number of carbonyl (C=O) groups excluding carboxylic acids is 2. The van der Waals surface area contributed by atoms with Crippen LogP contribution < -0.4 is 0 Å². The van der Waals surface area contributed by atoms with Gasteiger partial charge < -0.3 is 19.8 Å². The molecular formula is C42H43N7O2S. The summed E-state index contributed by atoms with van der Waals surface area (Å²) in [6.45, 7) is 1.49. The molecule has 0 radical (unpaired) electrons. The van der Waals surface area contributed by atoms with E-state index in [1.807, 2.05) is 89.0 Å². The van der Waals surface area contributed by atoms with Crippen molar-refractivity contribution in [2.45, 2.75) is 50.2 Å². The number of nitrogens with zero attached hydrogens (tertiary/aromatic N) is 5. The molecule has 8 rings (SSSR count).